The number of nitrogens with one attached hydrogen (secondary N) is 1. The molecule has 0 aliphatic heterocycles. The normalized spacial score (nSPS) is 12.0. The van der Waals surface area contributed by atoms with Crippen molar-refractivity contribution in [1.29, 1.82) is 0 Å². The second kappa shape index (κ2) is 7.37. The van der Waals surface area contributed by atoms with Crippen molar-refractivity contribution in [2.45, 2.75) is 25.4 Å². The molecular formula is C19H18F3IN2. The third-order valence-electron chi connectivity index (χ3n) is 4.26. The molecule has 25 heavy (non-hydrogen) atoms. The van der Waals surface area contributed by atoms with Gasteiger partial charge in [-0.1, -0.05) is 18.2 Å². The summed E-state index contributed by atoms with van der Waals surface area (Å²) in [5.41, 5.74) is 8.53. The quantitative estimate of drug-likeness (QED) is 0.372. The summed E-state index contributed by atoms with van der Waals surface area (Å²) in [6.07, 6.45) is -1.97. The summed E-state index contributed by atoms with van der Waals surface area (Å²) < 4.78 is 40.4. The number of aromatic amines is 1. The van der Waals surface area contributed by atoms with Crippen molar-refractivity contribution >= 4 is 33.5 Å². The minimum absolute atomic E-state index is 0.578. The number of nitrogens with two attached hydrogens (primary N) is 1. The molecule has 0 atom stereocenters. The molecule has 0 aliphatic rings. The number of fused-ring (bicyclic) bond motifs is 1. The first-order valence-electron chi connectivity index (χ1n) is 8.08. The molecule has 6 heteroatoms. The highest BCUT2D eigenvalue weighted by molar-refractivity contribution is 14.1. The molecule has 2 nitrogen and oxygen atoms in total. The lowest BCUT2D eigenvalue weighted by Crippen LogP contribution is -2.04. The van der Waals surface area contributed by atoms with Crippen molar-refractivity contribution in [1.82, 2.24) is 4.98 Å². The molecule has 3 rings (SSSR count). The van der Waals surface area contributed by atoms with Crippen LogP contribution >= 0.6 is 22.6 Å². The van der Waals surface area contributed by atoms with Crippen molar-refractivity contribution in [2.75, 3.05) is 6.54 Å². The van der Waals surface area contributed by atoms with Crippen LogP contribution in [0.4, 0.5) is 13.2 Å². The Bertz CT molecular complexity index is 884. The van der Waals surface area contributed by atoms with Crippen LogP contribution in [0.1, 0.15) is 24.0 Å². The smallest absolute Gasteiger partial charge is 0.354 e. The highest BCUT2D eigenvalue weighted by Gasteiger charge is 2.31. The van der Waals surface area contributed by atoms with E-state index in [-0.39, 0.29) is 0 Å². The molecule has 0 spiro atoms. The van der Waals surface area contributed by atoms with Crippen LogP contribution in [0.15, 0.2) is 42.5 Å². The number of aromatic nitrogens is 1. The number of rotatable bonds is 5. The van der Waals surface area contributed by atoms with Crippen LogP contribution in [-0.4, -0.2) is 11.5 Å². The van der Waals surface area contributed by atoms with Gasteiger partial charge in [0, 0.05) is 20.0 Å². The van der Waals surface area contributed by atoms with E-state index in [4.69, 9.17) is 5.73 Å². The molecule has 3 aromatic rings. The summed E-state index contributed by atoms with van der Waals surface area (Å²) >= 11 is 2.25. The average Bonchev–Trinajstić information content (AvgIpc) is 2.92. The number of benzene rings is 2. The minimum Gasteiger partial charge on any atom is -0.354 e. The first-order chi connectivity index (χ1) is 11.9. The Morgan fingerprint density at radius 1 is 1.04 bits per heavy atom. The van der Waals surface area contributed by atoms with Crippen molar-refractivity contribution in [3.8, 4) is 11.3 Å². The highest BCUT2D eigenvalue weighted by atomic mass is 127. The molecule has 0 saturated heterocycles. The summed E-state index contributed by atoms with van der Waals surface area (Å²) in [4.78, 5) is 3.32. The molecule has 0 bridgehead atoms. The Kier molecular flexibility index (Phi) is 5.38. The monoisotopic (exact) mass is 458 g/mol. The van der Waals surface area contributed by atoms with Crippen LogP contribution in [0.3, 0.4) is 0 Å². The summed E-state index contributed by atoms with van der Waals surface area (Å²) in [6, 6.07) is 11.8. The summed E-state index contributed by atoms with van der Waals surface area (Å²) in [6.45, 7) is 0.578. The van der Waals surface area contributed by atoms with Crippen LogP contribution in [0.5, 0.6) is 0 Å². The van der Waals surface area contributed by atoms with Crippen molar-refractivity contribution in [3.05, 3.63) is 57.2 Å². The largest absolute Gasteiger partial charge is 0.416 e. The first kappa shape index (κ1) is 18.3. The SMILES string of the molecule is NCCCCc1c(-c2ccccc2I)[nH]c2ccc(C(F)(F)F)cc12. The molecule has 0 aliphatic carbocycles. The van der Waals surface area contributed by atoms with Gasteiger partial charge in [0.15, 0.2) is 0 Å². The average molecular weight is 458 g/mol. The Hall–Kier alpha value is -1.54. The predicted octanol–water partition coefficient (Wildman–Crippen LogP) is 5.74. The third kappa shape index (κ3) is 3.84. The lowest BCUT2D eigenvalue weighted by molar-refractivity contribution is -0.137. The fourth-order valence-corrected chi connectivity index (χ4v) is 3.68. The second-order valence-corrected chi connectivity index (χ2v) is 7.12. The summed E-state index contributed by atoms with van der Waals surface area (Å²) in [5.74, 6) is 0. The van der Waals surface area contributed by atoms with Gasteiger partial charge >= 0.3 is 6.18 Å². The van der Waals surface area contributed by atoms with E-state index in [0.717, 1.165) is 44.8 Å². The van der Waals surface area contributed by atoms with E-state index < -0.39 is 11.7 Å². The second-order valence-electron chi connectivity index (χ2n) is 5.96. The van der Waals surface area contributed by atoms with Gasteiger partial charge in [0.2, 0.25) is 0 Å². The number of hydrogen-bond acceptors (Lipinski definition) is 1. The maximum Gasteiger partial charge on any atom is 0.416 e. The van der Waals surface area contributed by atoms with E-state index in [1.165, 1.54) is 12.1 Å². The molecule has 0 radical (unpaired) electrons. The van der Waals surface area contributed by atoms with Gasteiger partial charge in [-0.3, -0.25) is 0 Å². The maximum absolute atomic E-state index is 13.1. The number of unbranched alkanes of at least 4 members (excludes halogenated alkanes) is 1. The fourth-order valence-electron chi connectivity index (χ4n) is 3.02. The minimum atomic E-state index is -4.35. The topological polar surface area (TPSA) is 41.8 Å². The Morgan fingerprint density at radius 2 is 1.80 bits per heavy atom. The molecule has 1 heterocycles. The Labute approximate surface area is 157 Å². The zero-order valence-electron chi connectivity index (χ0n) is 13.5. The van der Waals surface area contributed by atoms with Crippen molar-refractivity contribution in [3.63, 3.8) is 0 Å². The number of hydrogen-bond donors (Lipinski definition) is 2. The zero-order chi connectivity index (χ0) is 18.0. The lowest BCUT2D eigenvalue weighted by atomic mass is 9.99. The first-order valence-corrected chi connectivity index (χ1v) is 9.16. The lowest BCUT2D eigenvalue weighted by Gasteiger charge is -2.08. The van der Waals surface area contributed by atoms with E-state index in [0.29, 0.717) is 18.4 Å². The number of aryl methyl sites for hydroxylation is 1. The number of halogens is 4. The van der Waals surface area contributed by atoms with E-state index in [9.17, 15) is 13.2 Å². The van der Waals surface area contributed by atoms with Gasteiger partial charge in [0.25, 0.3) is 0 Å². The molecule has 2 aromatic carbocycles. The number of alkyl halides is 3. The van der Waals surface area contributed by atoms with Crippen molar-refractivity contribution < 1.29 is 13.2 Å². The van der Waals surface area contributed by atoms with E-state index in [1.54, 1.807) is 0 Å². The molecule has 1 aromatic heterocycles. The Morgan fingerprint density at radius 3 is 2.48 bits per heavy atom. The standard InChI is InChI=1S/C19H18F3IN2/c20-19(21,22)12-8-9-17-15(11-12)13(5-3-4-10-24)18(25-17)14-6-1-2-7-16(14)23/h1-2,6-9,11,25H,3-5,10,24H2. The molecule has 3 N–H and O–H groups in total. The Balaban J connectivity index is 2.18. The highest BCUT2D eigenvalue weighted by Crippen LogP contribution is 2.37. The molecule has 0 saturated carbocycles. The van der Waals surface area contributed by atoms with Crippen LogP contribution in [0.25, 0.3) is 22.2 Å². The maximum atomic E-state index is 13.1. The van der Waals surface area contributed by atoms with E-state index in [2.05, 4.69) is 27.6 Å². The van der Waals surface area contributed by atoms with Gasteiger partial charge in [-0.15, -0.1) is 0 Å². The number of H-pyrrole nitrogens is 1. The predicted molar refractivity (Wildman–Crippen MR) is 103 cm³/mol. The van der Waals surface area contributed by atoms with Gasteiger partial charge in [0.05, 0.1) is 11.3 Å². The van der Waals surface area contributed by atoms with Crippen LogP contribution in [-0.2, 0) is 12.6 Å². The van der Waals surface area contributed by atoms with Gasteiger partial charge in [0.1, 0.15) is 0 Å². The molecule has 0 unspecified atom stereocenters. The van der Waals surface area contributed by atoms with Gasteiger partial charge in [-0.25, -0.2) is 0 Å². The van der Waals surface area contributed by atoms with Crippen molar-refractivity contribution in [2.24, 2.45) is 5.73 Å². The van der Waals surface area contributed by atoms with Crippen LogP contribution in [0.2, 0.25) is 0 Å². The van der Waals surface area contributed by atoms with Gasteiger partial charge in [-0.2, -0.15) is 13.2 Å². The molecule has 132 valence electrons. The molecule has 0 fully saturated rings. The van der Waals surface area contributed by atoms with Gasteiger partial charge in [-0.05, 0) is 78.2 Å². The summed E-state index contributed by atoms with van der Waals surface area (Å²) in [7, 11) is 0. The van der Waals surface area contributed by atoms with E-state index >= 15 is 0 Å². The van der Waals surface area contributed by atoms with Crippen LogP contribution in [0, 0.1) is 3.57 Å². The summed E-state index contributed by atoms with van der Waals surface area (Å²) in [5, 5.41) is 0.640. The van der Waals surface area contributed by atoms with E-state index in [1.807, 2.05) is 24.3 Å². The molecule has 0 amide bonds. The van der Waals surface area contributed by atoms with Crippen LogP contribution < -0.4 is 5.73 Å². The third-order valence-corrected chi connectivity index (χ3v) is 5.20. The molecular weight excluding hydrogens is 440 g/mol. The fraction of sp³-hybridized carbons (Fsp3) is 0.263. The van der Waals surface area contributed by atoms with Gasteiger partial charge < -0.3 is 10.7 Å². The zero-order valence-corrected chi connectivity index (χ0v) is 15.6.